The summed E-state index contributed by atoms with van der Waals surface area (Å²) in [5.74, 6) is 0.807. The first kappa shape index (κ1) is 19.4. The van der Waals surface area contributed by atoms with Crippen molar-refractivity contribution in [2.45, 2.75) is 13.3 Å². The molecular weight excluding hydrogens is 386 g/mol. The number of aromatic nitrogens is 4. The highest BCUT2D eigenvalue weighted by atomic mass is 19.3. The van der Waals surface area contributed by atoms with Crippen LogP contribution in [0.5, 0.6) is 0 Å². The van der Waals surface area contributed by atoms with Crippen LogP contribution >= 0.6 is 0 Å². The first-order chi connectivity index (χ1) is 14.5. The van der Waals surface area contributed by atoms with Gasteiger partial charge in [0.05, 0.1) is 33.8 Å². The van der Waals surface area contributed by atoms with Gasteiger partial charge in [0.2, 0.25) is 0 Å². The van der Waals surface area contributed by atoms with Crippen LogP contribution in [0.25, 0.3) is 39.6 Å². The van der Waals surface area contributed by atoms with E-state index in [1.54, 1.807) is 49.7 Å². The van der Waals surface area contributed by atoms with E-state index in [1.807, 2.05) is 6.07 Å². The molecule has 0 fully saturated rings. The van der Waals surface area contributed by atoms with Crippen LogP contribution in [0.3, 0.4) is 0 Å². The molecule has 4 rings (SSSR count). The van der Waals surface area contributed by atoms with Gasteiger partial charge in [-0.2, -0.15) is 0 Å². The Hall–Kier alpha value is -3.94. The molecule has 0 amide bonds. The molecule has 0 unspecified atom stereocenters. The molecule has 0 aromatic carbocycles. The molecule has 30 heavy (non-hydrogen) atoms. The zero-order valence-electron chi connectivity index (χ0n) is 16.1. The quantitative estimate of drug-likeness (QED) is 0.350. The van der Waals surface area contributed by atoms with Gasteiger partial charge in [0, 0.05) is 23.5 Å². The summed E-state index contributed by atoms with van der Waals surface area (Å²) in [6.07, 6.45) is 2.29. The number of rotatable bonds is 5. The van der Waals surface area contributed by atoms with Crippen molar-refractivity contribution < 1.29 is 8.78 Å². The van der Waals surface area contributed by atoms with E-state index in [0.717, 1.165) is 16.6 Å². The molecule has 0 atom stereocenters. The van der Waals surface area contributed by atoms with E-state index < -0.39 is 6.43 Å². The molecule has 0 saturated heterocycles. The fourth-order valence-corrected chi connectivity index (χ4v) is 3.27. The predicted octanol–water partition coefficient (Wildman–Crippen LogP) is 5.28. The molecule has 0 spiro atoms. The van der Waals surface area contributed by atoms with Crippen LogP contribution in [-0.2, 0) is 0 Å². The van der Waals surface area contributed by atoms with Crippen molar-refractivity contribution in [2.75, 3.05) is 0 Å². The van der Waals surface area contributed by atoms with Crippen molar-refractivity contribution in [3.05, 3.63) is 66.6 Å². The Bertz CT molecular complexity index is 1270. The molecule has 0 bridgehead atoms. The van der Waals surface area contributed by atoms with E-state index in [2.05, 4.69) is 31.5 Å². The molecule has 4 aromatic rings. The molecule has 150 valence electrons. The van der Waals surface area contributed by atoms with Gasteiger partial charge >= 0.3 is 0 Å². The largest absolute Gasteiger partial charge is 0.387 e. The smallest absolute Gasteiger partial charge is 0.280 e. The number of halogens is 2. The number of nitrogens with one attached hydrogen (secondary N) is 1. The van der Waals surface area contributed by atoms with Crippen LogP contribution in [0.4, 0.5) is 14.6 Å². The summed E-state index contributed by atoms with van der Waals surface area (Å²) in [5.41, 5.74) is 9.97. The molecular formula is C22H18F2N6. The lowest BCUT2D eigenvalue weighted by Crippen LogP contribution is -2.04. The molecule has 4 heterocycles. The summed E-state index contributed by atoms with van der Waals surface area (Å²) in [5, 5.41) is 0. The zero-order valence-corrected chi connectivity index (χ0v) is 16.1. The van der Waals surface area contributed by atoms with Crippen LogP contribution in [0.1, 0.15) is 24.6 Å². The van der Waals surface area contributed by atoms with E-state index in [0.29, 0.717) is 34.1 Å². The maximum atomic E-state index is 13.3. The number of amidine groups is 1. The Morgan fingerprint density at radius 2 is 2.00 bits per heavy atom. The van der Waals surface area contributed by atoms with E-state index in [1.165, 1.54) is 6.07 Å². The standard InChI is InChI=1S/C22H18F2N6/c1-3-13-7-10-27-21-18(15-5-4-6-16(29-15)22(23)24)19(30-20(13)21)14-8-9-26-17(11-14)28-12(2)25/h3-11,22,30H,1H2,2H3,(H2,25,26,28). The molecule has 0 aliphatic rings. The zero-order chi connectivity index (χ0) is 21.3. The SMILES string of the molecule is C=Cc1ccnc2c(-c3cccc(C(F)F)n3)c(-c3ccnc(N=C(C)N)c3)[nH]c12. The number of aromatic amines is 1. The minimum Gasteiger partial charge on any atom is -0.387 e. The fourth-order valence-electron chi connectivity index (χ4n) is 3.27. The monoisotopic (exact) mass is 404 g/mol. The maximum absolute atomic E-state index is 13.3. The van der Waals surface area contributed by atoms with Crippen molar-refractivity contribution in [3.63, 3.8) is 0 Å². The van der Waals surface area contributed by atoms with Crippen molar-refractivity contribution in [1.82, 2.24) is 19.9 Å². The highest BCUT2D eigenvalue weighted by molar-refractivity contribution is 6.03. The summed E-state index contributed by atoms with van der Waals surface area (Å²) < 4.78 is 26.6. The van der Waals surface area contributed by atoms with Crippen molar-refractivity contribution in [1.29, 1.82) is 0 Å². The average molecular weight is 404 g/mol. The maximum Gasteiger partial charge on any atom is 0.280 e. The number of hydrogen-bond acceptors (Lipinski definition) is 4. The van der Waals surface area contributed by atoms with Gasteiger partial charge < -0.3 is 10.7 Å². The molecule has 6 nitrogen and oxygen atoms in total. The Balaban J connectivity index is 2.03. The summed E-state index contributed by atoms with van der Waals surface area (Å²) in [6, 6.07) is 9.92. The molecule has 0 radical (unpaired) electrons. The van der Waals surface area contributed by atoms with Crippen LogP contribution < -0.4 is 5.73 Å². The number of aliphatic imine (C=N–C) groups is 1. The van der Waals surface area contributed by atoms with Crippen molar-refractivity contribution in [3.8, 4) is 22.5 Å². The molecule has 4 aromatic heterocycles. The highest BCUT2D eigenvalue weighted by Gasteiger charge is 2.20. The van der Waals surface area contributed by atoms with Gasteiger partial charge in [-0.3, -0.25) is 4.98 Å². The summed E-state index contributed by atoms with van der Waals surface area (Å²) in [4.78, 5) is 20.4. The third kappa shape index (κ3) is 3.55. The molecule has 3 N–H and O–H groups in total. The first-order valence-electron chi connectivity index (χ1n) is 9.13. The van der Waals surface area contributed by atoms with E-state index in [-0.39, 0.29) is 5.69 Å². The lowest BCUT2D eigenvalue weighted by molar-refractivity contribution is 0.146. The minimum atomic E-state index is -2.68. The van der Waals surface area contributed by atoms with E-state index in [4.69, 9.17) is 5.73 Å². The summed E-state index contributed by atoms with van der Waals surface area (Å²) in [6.45, 7) is 5.51. The molecule has 0 aliphatic heterocycles. The van der Waals surface area contributed by atoms with Gasteiger partial charge in [-0.1, -0.05) is 18.7 Å². The second-order valence-electron chi connectivity index (χ2n) is 6.61. The van der Waals surface area contributed by atoms with Gasteiger partial charge in [-0.15, -0.1) is 0 Å². The summed E-state index contributed by atoms with van der Waals surface area (Å²) in [7, 11) is 0. The third-order valence-electron chi connectivity index (χ3n) is 4.52. The van der Waals surface area contributed by atoms with Crippen molar-refractivity contribution >= 4 is 28.8 Å². The Morgan fingerprint density at radius 1 is 1.20 bits per heavy atom. The van der Waals surface area contributed by atoms with Gasteiger partial charge in [-0.05, 0) is 37.3 Å². The van der Waals surface area contributed by atoms with E-state index >= 15 is 0 Å². The molecule has 8 heteroatoms. The normalized spacial score (nSPS) is 11.9. The Labute approximate surface area is 171 Å². The third-order valence-corrected chi connectivity index (χ3v) is 4.52. The number of fused-ring (bicyclic) bond motifs is 1. The lowest BCUT2D eigenvalue weighted by atomic mass is 10.0. The van der Waals surface area contributed by atoms with Gasteiger partial charge in [0.1, 0.15) is 5.69 Å². The number of H-pyrrole nitrogens is 1. The van der Waals surface area contributed by atoms with Crippen molar-refractivity contribution in [2.24, 2.45) is 10.7 Å². The average Bonchev–Trinajstić information content (AvgIpc) is 3.13. The number of hydrogen-bond donors (Lipinski definition) is 2. The van der Waals surface area contributed by atoms with Gasteiger partial charge in [0.25, 0.3) is 6.43 Å². The predicted molar refractivity (Wildman–Crippen MR) is 115 cm³/mol. The van der Waals surface area contributed by atoms with Crippen LogP contribution in [-0.4, -0.2) is 25.8 Å². The summed E-state index contributed by atoms with van der Waals surface area (Å²) >= 11 is 0. The first-order valence-corrected chi connectivity index (χ1v) is 9.13. The molecule has 0 aliphatic carbocycles. The second kappa shape index (κ2) is 7.82. The lowest BCUT2D eigenvalue weighted by Gasteiger charge is -2.07. The number of pyridine rings is 3. The second-order valence-corrected chi connectivity index (χ2v) is 6.61. The van der Waals surface area contributed by atoms with Crippen LogP contribution in [0, 0.1) is 0 Å². The van der Waals surface area contributed by atoms with Gasteiger partial charge in [-0.25, -0.2) is 23.7 Å². The topological polar surface area (TPSA) is 92.8 Å². The molecule has 0 saturated carbocycles. The van der Waals surface area contributed by atoms with Crippen LogP contribution in [0.2, 0.25) is 0 Å². The van der Waals surface area contributed by atoms with E-state index in [9.17, 15) is 8.78 Å². The minimum absolute atomic E-state index is 0.300. The number of nitrogens with zero attached hydrogens (tertiary/aromatic N) is 4. The number of nitrogens with two attached hydrogens (primary N) is 1. The fraction of sp³-hybridized carbons (Fsp3) is 0.0909. The van der Waals surface area contributed by atoms with Gasteiger partial charge in [0.15, 0.2) is 5.82 Å². The number of alkyl halides is 2. The highest BCUT2D eigenvalue weighted by Crippen LogP contribution is 2.38. The van der Waals surface area contributed by atoms with Crippen LogP contribution in [0.15, 0.2) is 60.4 Å². The Kier molecular flexibility index (Phi) is 5.05. The Morgan fingerprint density at radius 3 is 2.73 bits per heavy atom.